The van der Waals surface area contributed by atoms with Crippen LogP contribution in [0.25, 0.3) is 0 Å². The minimum Gasteiger partial charge on any atom is -0.779 e. The zero-order valence-electron chi connectivity index (χ0n) is 3.67. The van der Waals surface area contributed by atoms with Gasteiger partial charge in [-0.05, 0) is 0 Å². The summed E-state index contributed by atoms with van der Waals surface area (Å²) in [7, 11) is -2.26. The highest BCUT2D eigenvalue weighted by molar-refractivity contribution is 7.50. The van der Waals surface area contributed by atoms with Gasteiger partial charge in [0.15, 0.2) is 0 Å². The number of rotatable bonds is 1. The lowest BCUT2D eigenvalue weighted by molar-refractivity contribution is -0.194. The molecule has 54 valence electrons. The van der Waals surface area contributed by atoms with Gasteiger partial charge in [-0.2, -0.15) is 0 Å². The van der Waals surface area contributed by atoms with E-state index in [1.165, 1.54) is 0 Å². The predicted molar refractivity (Wildman–Crippen MR) is 34.0 cm³/mol. The van der Waals surface area contributed by atoms with E-state index in [0.29, 0.717) is 0 Å². The van der Waals surface area contributed by atoms with Crippen molar-refractivity contribution in [2.45, 2.75) is 14.9 Å². The van der Waals surface area contributed by atoms with Crippen molar-refractivity contribution in [3.63, 3.8) is 0 Å². The molecule has 0 rings (SSSR count). The van der Waals surface area contributed by atoms with Gasteiger partial charge in [-0.25, -0.2) is 0 Å². The summed E-state index contributed by atoms with van der Waals surface area (Å²) in [6.07, 6.45) is 0. The van der Waals surface area contributed by atoms with Gasteiger partial charge in [0, 0.05) is 13.8 Å². The fraction of sp³-hybridized carbons (Fsp3) is 1.00. The summed E-state index contributed by atoms with van der Waals surface area (Å²) in [5.41, 5.74) is 0. The van der Waals surface area contributed by atoms with Crippen molar-refractivity contribution in [2.75, 3.05) is 13.8 Å². The van der Waals surface area contributed by atoms with Crippen LogP contribution in [0.1, 0.15) is 14.9 Å². The lowest BCUT2D eigenvalue weighted by atomic mass is 11.8. The summed E-state index contributed by atoms with van der Waals surface area (Å²) in [5.74, 6) is 0. The average molecular weight is 141 g/mol. The van der Waals surface area contributed by atoms with Gasteiger partial charge in [-0.3, -0.25) is 0 Å². The minimum atomic E-state index is -3.40. The van der Waals surface area contributed by atoms with Crippen LogP contribution in [0.3, 0.4) is 0 Å². The smallest absolute Gasteiger partial charge is 0.131 e. The van der Waals surface area contributed by atoms with Crippen LogP contribution in [-0.4, -0.2) is 13.8 Å². The van der Waals surface area contributed by atoms with Gasteiger partial charge in [0.25, 0.3) is 0 Å². The number of hydrogen-bond donors (Lipinski definition) is 0. The monoisotopic (exact) mass is 141 g/mol. The van der Waals surface area contributed by atoms with E-state index >= 15 is 0 Å². The third kappa shape index (κ3) is 16.4. The lowest BCUT2D eigenvalue weighted by Crippen LogP contribution is -1.98. The largest absolute Gasteiger partial charge is 0.779 e. The Hall–Kier alpha value is 0.150. The summed E-state index contributed by atoms with van der Waals surface area (Å²) in [6.45, 7) is 1.02. The molecule has 0 spiro atoms. The van der Waals surface area contributed by atoms with Crippen LogP contribution in [0.4, 0.5) is 0 Å². The Bertz CT molecular complexity index is 75.4. The first-order valence-electron chi connectivity index (χ1n) is 1.40. The first kappa shape index (κ1) is 15.7. The summed E-state index contributed by atoms with van der Waals surface area (Å²) >= 11 is 0. The summed E-state index contributed by atoms with van der Waals surface area (Å²) in [4.78, 5) is 9.81. The van der Waals surface area contributed by atoms with Crippen LogP contribution < -0.4 is 4.89 Å². The molecule has 0 saturated heterocycles. The molecule has 0 aliphatic rings. The molecule has 0 saturated carbocycles. The van der Waals surface area contributed by atoms with Gasteiger partial charge in [0.1, 0.15) is 7.60 Å². The third-order valence-electron chi connectivity index (χ3n) is 0.332. The van der Waals surface area contributed by atoms with E-state index in [1.54, 1.807) is 0 Å². The second-order valence-corrected chi connectivity index (χ2v) is 2.86. The first-order valence-corrected chi connectivity index (χ1v) is 3.39. The highest BCUT2D eigenvalue weighted by Gasteiger charge is 1.87. The summed E-state index contributed by atoms with van der Waals surface area (Å²) in [5, 5.41) is 0. The van der Waals surface area contributed by atoms with E-state index in [-0.39, 0.29) is 14.9 Å². The lowest BCUT2D eigenvalue weighted by Gasteiger charge is -2.12. The Balaban J connectivity index is -0.000000125. The average Bonchev–Trinajstić information content (AvgIpc) is 1.35. The SMILES string of the molecule is C.C.COP(C)(=O)[O-]. The van der Waals surface area contributed by atoms with Crippen LogP contribution in [0.15, 0.2) is 0 Å². The second-order valence-electron chi connectivity index (χ2n) is 0.954. The molecule has 3 nitrogen and oxygen atoms in total. The first-order chi connectivity index (χ1) is 2.56. The van der Waals surface area contributed by atoms with Crippen molar-refractivity contribution < 1.29 is 14.0 Å². The van der Waals surface area contributed by atoms with Crippen molar-refractivity contribution in [1.29, 1.82) is 0 Å². The Morgan fingerprint density at radius 3 is 1.62 bits per heavy atom. The van der Waals surface area contributed by atoms with E-state index < -0.39 is 7.60 Å². The molecule has 0 fully saturated rings. The summed E-state index contributed by atoms with van der Waals surface area (Å²) in [6, 6.07) is 0. The normalized spacial score (nSPS) is 14.9. The molecule has 0 aromatic carbocycles. The second kappa shape index (κ2) is 5.29. The summed E-state index contributed by atoms with van der Waals surface area (Å²) < 4.78 is 13.7. The van der Waals surface area contributed by atoms with Crippen LogP contribution in [-0.2, 0) is 9.09 Å². The van der Waals surface area contributed by atoms with Gasteiger partial charge >= 0.3 is 0 Å². The van der Waals surface area contributed by atoms with Gasteiger partial charge in [-0.15, -0.1) is 0 Å². The standard InChI is InChI=1S/C2H7O3P.2CH4/c1-5-6(2,3)4;;/h1-2H3,(H,3,4);2*1H4/p-1. The van der Waals surface area contributed by atoms with Crippen LogP contribution >= 0.6 is 7.60 Å². The van der Waals surface area contributed by atoms with Crippen LogP contribution in [0, 0.1) is 0 Å². The molecular formula is C4H14O3P-. The molecular weight excluding hydrogens is 127 g/mol. The van der Waals surface area contributed by atoms with E-state index in [2.05, 4.69) is 4.52 Å². The molecule has 8 heavy (non-hydrogen) atoms. The maximum absolute atomic E-state index is 9.81. The molecule has 4 heteroatoms. The topological polar surface area (TPSA) is 49.4 Å². The Morgan fingerprint density at radius 1 is 1.50 bits per heavy atom. The van der Waals surface area contributed by atoms with Crippen molar-refractivity contribution in [3.8, 4) is 0 Å². The van der Waals surface area contributed by atoms with Crippen molar-refractivity contribution in [2.24, 2.45) is 0 Å². The van der Waals surface area contributed by atoms with Crippen LogP contribution in [0.5, 0.6) is 0 Å². The highest BCUT2D eigenvalue weighted by Crippen LogP contribution is 2.28. The zero-order chi connectivity index (χ0) is 5.21. The maximum Gasteiger partial charge on any atom is 0.131 e. The third-order valence-corrected chi connectivity index (χ3v) is 0.995. The highest BCUT2D eigenvalue weighted by atomic mass is 31.2. The van der Waals surface area contributed by atoms with Crippen molar-refractivity contribution >= 4 is 7.60 Å². The van der Waals surface area contributed by atoms with Crippen LogP contribution in [0.2, 0.25) is 0 Å². The van der Waals surface area contributed by atoms with E-state index in [9.17, 15) is 9.46 Å². The van der Waals surface area contributed by atoms with Gasteiger partial charge < -0.3 is 14.0 Å². The molecule has 0 N–H and O–H groups in total. The molecule has 1 atom stereocenters. The Labute approximate surface area is 51.2 Å². The fourth-order valence-corrected chi connectivity index (χ4v) is 0. The Kier molecular flexibility index (Phi) is 10.4. The fourth-order valence-electron chi connectivity index (χ4n) is 0. The van der Waals surface area contributed by atoms with Gasteiger partial charge in [0.2, 0.25) is 0 Å². The molecule has 0 bridgehead atoms. The van der Waals surface area contributed by atoms with Crippen molar-refractivity contribution in [3.05, 3.63) is 0 Å². The molecule has 0 aliphatic heterocycles. The van der Waals surface area contributed by atoms with E-state index in [0.717, 1.165) is 13.8 Å². The molecule has 0 aliphatic carbocycles. The zero-order valence-corrected chi connectivity index (χ0v) is 4.57. The Morgan fingerprint density at radius 2 is 1.62 bits per heavy atom. The quantitative estimate of drug-likeness (QED) is 0.513. The molecule has 0 aromatic heterocycles. The van der Waals surface area contributed by atoms with Crippen molar-refractivity contribution in [1.82, 2.24) is 0 Å². The predicted octanol–water partition coefficient (Wildman–Crippen LogP) is 1.09. The minimum absolute atomic E-state index is 0. The molecule has 0 amide bonds. The molecule has 0 heterocycles. The molecule has 0 radical (unpaired) electrons. The van der Waals surface area contributed by atoms with E-state index in [4.69, 9.17) is 0 Å². The van der Waals surface area contributed by atoms with Gasteiger partial charge in [-0.1, -0.05) is 14.9 Å². The number of hydrogen-bond acceptors (Lipinski definition) is 3. The molecule has 0 aromatic rings. The maximum atomic E-state index is 9.81. The molecule has 1 unspecified atom stereocenters. The van der Waals surface area contributed by atoms with Gasteiger partial charge in [0.05, 0.1) is 0 Å². The van der Waals surface area contributed by atoms with E-state index in [1.807, 2.05) is 0 Å².